The van der Waals surface area contributed by atoms with Crippen LogP contribution in [-0.4, -0.2) is 23.4 Å². The van der Waals surface area contributed by atoms with Crippen LogP contribution in [0.5, 0.6) is 5.75 Å². The number of aliphatic hydroxyl groups excluding tert-OH is 1. The molecule has 1 atom stereocenters. The summed E-state index contributed by atoms with van der Waals surface area (Å²) in [4.78, 5) is 0. The van der Waals surface area contributed by atoms with E-state index in [9.17, 15) is 5.11 Å². The minimum atomic E-state index is -0.0370. The Morgan fingerprint density at radius 3 is 2.00 bits per heavy atom. The van der Waals surface area contributed by atoms with Crippen molar-refractivity contribution in [3.8, 4) is 5.75 Å². The van der Waals surface area contributed by atoms with E-state index in [0.717, 1.165) is 11.1 Å². The maximum atomic E-state index is 9.34. The third-order valence-corrected chi connectivity index (χ3v) is 3.14. The molecule has 0 aliphatic heterocycles. The lowest BCUT2D eigenvalue weighted by atomic mass is 9.98. The lowest BCUT2D eigenvalue weighted by Gasteiger charge is -2.19. The number of aliphatic hydroxyl groups is 1. The number of hydrogen-bond donors (Lipinski definition) is 3. The van der Waals surface area contributed by atoms with Gasteiger partial charge in [0.15, 0.2) is 0 Å². The molecule has 3 nitrogen and oxygen atoms in total. The smallest absolute Gasteiger partial charge is 0.115 e. The van der Waals surface area contributed by atoms with Gasteiger partial charge in [0.25, 0.3) is 0 Å². The first-order valence-corrected chi connectivity index (χ1v) is 6.47. The van der Waals surface area contributed by atoms with E-state index in [-0.39, 0.29) is 18.4 Å². The van der Waals surface area contributed by atoms with E-state index in [1.807, 2.05) is 36.4 Å². The molecule has 0 heterocycles. The van der Waals surface area contributed by atoms with Gasteiger partial charge >= 0.3 is 0 Å². The quantitative estimate of drug-likeness (QED) is 0.788. The zero-order chi connectivity index (χ0) is 13.7. The summed E-state index contributed by atoms with van der Waals surface area (Å²) in [5.41, 5.74) is 2.08. The molecule has 4 heteroatoms. The van der Waals surface area contributed by atoms with Crippen LogP contribution in [0.25, 0.3) is 0 Å². The second-order valence-electron chi connectivity index (χ2n) is 4.25. The molecular weight excluding hydrogens is 262 g/mol. The van der Waals surface area contributed by atoms with E-state index < -0.39 is 0 Å². The highest BCUT2D eigenvalue weighted by Crippen LogP contribution is 2.24. The Hall–Kier alpha value is -1.55. The van der Waals surface area contributed by atoms with Crippen molar-refractivity contribution < 1.29 is 10.2 Å². The fourth-order valence-corrected chi connectivity index (χ4v) is 2.09. The van der Waals surface area contributed by atoms with E-state index in [2.05, 4.69) is 5.32 Å². The van der Waals surface area contributed by atoms with Crippen molar-refractivity contribution in [1.29, 1.82) is 0 Å². The van der Waals surface area contributed by atoms with Crippen molar-refractivity contribution in [3.63, 3.8) is 0 Å². The first-order chi connectivity index (χ1) is 9.20. The number of benzene rings is 2. The van der Waals surface area contributed by atoms with Gasteiger partial charge in [0.2, 0.25) is 0 Å². The molecule has 0 spiro atoms. The average Bonchev–Trinajstić information content (AvgIpc) is 2.43. The standard InChI is InChI=1S/C15H16ClNO2/c16-13-5-1-11(2-6-13)15(17-9-10-18)12-3-7-14(19)8-4-12/h1-8,15,17-19H,9-10H2. The summed E-state index contributed by atoms with van der Waals surface area (Å²) in [6, 6.07) is 14.6. The number of aromatic hydroxyl groups is 1. The first kappa shape index (κ1) is 13.9. The van der Waals surface area contributed by atoms with Crippen molar-refractivity contribution in [2.45, 2.75) is 6.04 Å². The molecule has 3 N–H and O–H groups in total. The second-order valence-corrected chi connectivity index (χ2v) is 4.69. The highest BCUT2D eigenvalue weighted by atomic mass is 35.5. The highest BCUT2D eigenvalue weighted by Gasteiger charge is 2.13. The maximum absolute atomic E-state index is 9.34. The summed E-state index contributed by atoms with van der Waals surface area (Å²) in [6.45, 7) is 0.566. The predicted octanol–water partition coefficient (Wildman–Crippen LogP) is 2.72. The number of nitrogens with one attached hydrogen (secondary N) is 1. The minimum Gasteiger partial charge on any atom is -0.508 e. The molecule has 0 saturated carbocycles. The van der Waals surface area contributed by atoms with Crippen LogP contribution in [-0.2, 0) is 0 Å². The predicted molar refractivity (Wildman–Crippen MR) is 76.5 cm³/mol. The van der Waals surface area contributed by atoms with Crippen LogP contribution in [0, 0.1) is 0 Å². The molecule has 0 aliphatic rings. The molecule has 0 saturated heterocycles. The molecule has 2 aromatic carbocycles. The van der Waals surface area contributed by atoms with Gasteiger partial charge in [0.05, 0.1) is 12.6 Å². The fraction of sp³-hybridized carbons (Fsp3) is 0.200. The molecule has 1 unspecified atom stereocenters. The molecule has 0 fully saturated rings. The molecule has 0 amide bonds. The van der Waals surface area contributed by atoms with Gasteiger partial charge in [-0.15, -0.1) is 0 Å². The van der Waals surface area contributed by atoms with Crippen LogP contribution >= 0.6 is 11.6 Å². The third-order valence-electron chi connectivity index (χ3n) is 2.89. The van der Waals surface area contributed by atoms with E-state index in [4.69, 9.17) is 16.7 Å². The molecule has 0 aliphatic carbocycles. The molecule has 0 radical (unpaired) electrons. The van der Waals surface area contributed by atoms with Crippen LogP contribution in [0.3, 0.4) is 0 Å². The van der Waals surface area contributed by atoms with E-state index >= 15 is 0 Å². The Bertz CT molecular complexity index is 465. The monoisotopic (exact) mass is 277 g/mol. The topological polar surface area (TPSA) is 52.5 Å². The van der Waals surface area contributed by atoms with Crippen molar-refractivity contribution in [1.82, 2.24) is 5.32 Å². The summed E-state index contributed by atoms with van der Waals surface area (Å²) in [7, 11) is 0. The third kappa shape index (κ3) is 3.70. The molecular formula is C15H16ClNO2. The Balaban J connectivity index is 2.29. The zero-order valence-electron chi connectivity index (χ0n) is 10.4. The zero-order valence-corrected chi connectivity index (χ0v) is 11.1. The molecule has 100 valence electrons. The first-order valence-electron chi connectivity index (χ1n) is 6.09. The normalized spacial score (nSPS) is 12.3. The van der Waals surface area contributed by atoms with Gasteiger partial charge in [-0.1, -0.05) is 35.9 Å². The summed E-state index contributed by atoms with van der Waals surface area (Å²) in [5.74, 6) is 0.237. The Kier molecular flexibility index (Phi) is 4.80. The Morgan fingerprint density at radius 2 is 1.47 bits per heavy atom. The largest absolute Gasteiger partial charge is 0.508 e. The minimum absolute atomic E-state index is 0.0370. The number of phenolic OH excluding ortho intramolecular Hbond substituents is 1. The van der Waals surface area contributed by atoms with Crippen LogP contribution < -0.4 is 5.32 Å². The maximum Gasteiger partial charge on any atom is 0.115 e. The number of halogens is 1. The van der Waals surface area contributed by atoms with Crippen molar-refractivity contribution in [3.05, 3.63) is 64.7 Å². The van der Waals surface area contributed by atoms with Gasteiger partial charge in [-0.2, -0.15) is 0 Å². The van der Waals surface area contributed by atoms with Gasteiger partial charge in [-0.25, -0.2) is 0 Å². The summed E-state index contributed by atoms with van der Waals surface area (Å²) in [6.07, 6.45) is 0. The van der Waals surface area contributed by atoms with Gasteiger partial charge in [0.1, 0.15) is 5.75 Å². The van der Waals surface area contributed by atoms with E-state index in [0.29, 0.717) is 11.6 Å². The van der Waals surface area contributed by atoms with Gasteiger partial charge < -0.3 is 15.5 Å². The van der Waals surface area contributed by atoms with Gasteiger partial charge in [0, 0.05) is 11.6 Å². The number of rotatable bonds is 5. The highest BCUT2D eigenvalue weighted by molar-refractivity contribution is 6.30. The lowest BCUT2D eigenvalue weighted by Crippen LogP contribution is -2.25. The molecule has 2 aromatic rings. The molecule has 0 aromatic heterocycles. The van der Waals surface area contributed by atoms with Crippen LogP contribution in [0.4, 0.5) is 0 Å². The second kappa shape index (κ2) is 6.57. The van der Waals surface area contributed by atoms with E-state index in [1.165, 1.54) is 0 Å². The molecule has 19 heavy (non-hydrogen) atoms. The summed E-state index contributed by atoms with van der Waals surface area (Å²) in [5, 5.41) is 22.3. The average molecular weight is 278 g/mol. The fourth-order valence-electron chi connectivity index (χ4n) is 1.96. The Morgan fingerprint density at radius 1 is 0.947 bits per heavy atom. The van der Waals surface area contributed by atoms with Crippen molar-refractivity contribution in [2.75, 3.05) is 13.2 Å². The van der Waals surface area contributed by atoms with Crippen LogP contribution in [0.2, 0.25) is 5.02 Å². The van der Waals surface area contributed by atoms with Gasteiger partial charge in [-0.05, 0) is 35.4 Å². The summed E-state index contributed by atoms with van der Waals surface area (Å²) < 4.78 is 0. The van der Waals surface area contributed by atoms with Crippen LogP contribution in [0.15, 0.2) is 48.5 Å². The van der Waals surface area contributed by atoms with Crippen LogP contribution in [0.1, 0.15) is 17.2 Å². The number of phenols is 1. The number of hydrogen-bond acceptors (Lipinski definition) is 3. The molecule has 0 bridgehead atoms. The lowest BCUT2D eigenvalue weighted by molar-refractivity contribution is 0.288. The molecule has 2 rings (SSSR count). The van der Waals surface area contributed by atoms with Gasteiger partial charge in [-0.3, -0.25) is 0 Å². The SMILES string of the molecule is OCCNC(c1ccc(O)cc1)c1ccc(Cl)cc1. The van der Waals surface area contributed by atoms with E-state index in [1.54, 1.807) is 12.1 Å². The summed E-state index contributed by atoms with van der Waals surface area (Å²) >= 11 is 5.89. The van der Waals surface area contributed by atoms with Crippen molar-refractivity contribution >= 4 is 11.6 Å². The van der Waals surface area contributed by atoms with Crippen molar-refractivity contribution in [2.24, 2.45) is 0 Å². The Labute approximate surface area is 117 Å².